The van der Waals surface area contributed by atoms with Gasteiger partial charge in [0.1, 0.15) is 0 Å². The van der Waals surface area contributed by atoms with Crippen molar-refractivity contribution in [3.8, 4) is 0 Å². The van der Waals surface area contributed by atoms with Crippen molar-refractivity contribution in [1.82, 2.24) is 15.6 Å². The van der Waals surface area contributed by atoms with E-state index in [9.17, 15) is 18.3 Å². The van der Waals surface area contributed by atoms with Crippen LogP contribution >= 0.6 is 0 Å². The van der Waals surface area contributed by atoms with E-state index < -0.39 is 15.9 Å². The molecule has 0 fully saturated rings. The van der Waals surface area contributed by atoms with Crippen molar-refractivity contribution in [1.29, 1.82) is 0 Å². The molecule has 0 aliphatic carbocycles. The number of carbonyl (C=O) groups excluding carboxylic acids is 1. The second kappa shape index (κ2) is 8.38. The van der Waals surface area contributed by atoms with Gasteiger partial charge in [0, 0.05) is 18.8 Å². The summed E-state index contributed by atoms with van der Waals surface area (Å²) in [5.74, 6) is -0.314. The van der Waals surface area contributed by atoms with Crippen LogP contribution in [-0.2, 0) is 16.4 Å². The molecule has 1 aromatic carbocycles. The van der Waals surface area contributed by atoms with E-state index in [1.807, 2.05) is 6.07 Å². The molecular formula is C20H25N3O4S. The smallest absolute Gasteiger partial charge is 0.253 e. The zero-order chi connectivity index (χ0) is 20.3. The first-order valence-electron chi connectivity index (χ1n) is 9.36. The van der Waals surface area contributed by atoms with Crippen molar-refractivity contribution in [2.45, 2.75) is 43.8 Å². The molecule has 0 saturated heterocycles. The number of aliphatic hydroxyl groups excluding tert-OH is 1. The molecule has 7 nitrogen and oxygen atoms in total. The standard InChI is InChI=1S/C20H25N3O4S/c1-3-17-19-14(10-21-17)9-15(11-22-19)20(25)23-18(12-24)13-5-7-16(8-6-13)28(26,27)4-2/h5-9,11,17-18,21,24H,3-4,10,12H2,1-2H3,(H,23,25). The minimum absolute atomic E-state index is 0.0194. The van der Waals surface area contributed by atoms with E-state index in [2.05, 4.69) is 22.5 Å². The summed E-state index contributed by atoms with van der Waals surface area (Å²) < 4.78 is 23.8. The predicted molar refractivity (Wildman–Crippen MR) is 106 cm³/mol. The Morgan fingerprint density at radius 1 is 1.32 bits per heavy atom. The lowest BCUT2D eigenvalue weighted by atomic mass is 10.1. The van der Waals surface area contributed by atoms with Crippen molar-refractivity contribution in [3.63, 3.8) is 0 Å². The number of aromatic nitrogens is 1. The number of hydrogen-bond donors (Lipinski definition) is 3. The Kier molecular flexibility index (Phi) is 6.12. The number of amides is 1. The molecule has 0 radical (unpaired) electrons. The van der Waals surface area contributed by atoms with Gasteiger partial charge in [0.05, 0.1) is 34.6 Å². The normalized spacial score (nSPS) is 17.2. The molecule has 0 spiro atoms. The first-order valence-corrected chi connectivity index (χ1v) is 11.0. The molecule has 2 heterocycles. The lowest BCUT2D eigenvalue weighted by Gasteiger charge is -2.17. The molecule has 28 heavy (non-hydrogen) atoms. The molecule has 8 heteroatoms. The minimum atomic E-state index is -3.29. The summed E-state index contributed by atoms with van der Waals surface area (Å²) in [7, 11) is -3.29. The molecule has 3 N–H and O–H groups in total. The predicted octanol–water partition coefficient (Wildman–Crippen LogP) is 1.89. The Labute approximate surface area is 165 Å². The van der Waals surface area contributed by atoms with Crippen molar-refractivity contribution < 1.29 is 18.3 Å². The molecule has 1 aliphatic rings. The number of pyridine rings is 1. The highest BCUT2D eigenvalue weighted by molar-refractivity contribution is 7.91. The van der Waals surface area contributed by atoms with Crippen molar-refractivity contribution in [2.75, 3.05) is 12.4 Å². The Hall–Kier alpha value is -2.29. The highest BCUT2D eigenvalue weighted by Crippen LogP contribution is 2.26. The molecule has 150 valence electrons. The average Bonchev–Trinajstić information content (AvgIpc) is 3.14. The number of rotatable bonds is 7. The second-order valence-electron chi connectivity index (χ2n) is 6.79. The Morgan fingerprint density at radius 2 is 2.04 bits per heavy atom. The number of hydrogen-bond acceptors (Lipinski definition) is 6. The first-order chi connectivity index (χ1) is 13.4. The van der Waals surface area contributed by atoms with Gasteiger partial charge in [-0.25, -0.2) is 8.42 Å². The lowest BCUT2D eigenvalue weighted by molar-refractivity contribution is 0.0915. The van der Waals surface area contributed by atoms with E-state index in [1.165, 1.54) is 12.1 Å². The van der Waals surface area contributed by atoms with E-state index in [-0.39, 0.29) is 29.2 Å². The summed E-state index contributed by atoms with van der Waals surface area (Å²) >= 11 is 0. The van der Waals surface area contributed by atoms with Gasteiger partial charge in [-0.2, -0.15) is 0 Å². The van der Waals surface area contributed by atoms with Gasteiger partial charge in [-0.1, -0.05) is 26.0 Å². The van der Waals surface area contributed by atoms with Crippen LogP contribution in [0.15, 0.2) is 41.4 Å². The van der Waals surface area contributed by atoms with Gasteiger partial charge >= 0.3 is 0 Å². The van der Waals surface area contributed by atoms with Crippen LogP contribution in [0.1, 0.15) is 59.5 Å². The fourth-order valence-corrected chi connectivity index (χ4v) is 4.20. The lowest BCUT2D eigenvalue weighted by Crippen LogP contribution is -2.31. The van der Waals surface area contributed by atoms with E-state index in [1.54, 1.807) is 25.3 Å². The molecule has 2 aromatic rings. The zero-order valence-corrected chi connectivity index (χ0v) is 16.8. The van der Waals surface area contributed by atoms with Crippen LogP contribution in [0, 0.1) is 0 Å². The van der Waals surface area contributed by atoms with E-state index in [4.69, 9.17) is 0 Å². The fourth-order valence-electron chi connectivity index (χ4n) is 3.32. The molecule has 1 aliphatic heterocycles. The average molecular weight is 404 g/mol. The van der Waals surface area contributed by atoms with Gasteiger partial charge in [-0.05, 0) is 35.7 Å². The monoisotopic (exact) mass is 403 g/mol. The van der Waals surface area contributed by atoms with Gasteiger partial charge in [0.25, 0.3) is 5.91 Å². The van der Waals surface area contributed by atoms with Crippen molar-refractivity contribution in [2.24, 2.45) is 0 Å². The second-order valence-corrected chi connectivity index (χ2v) is 9.07. The molecular weight excluding hydrogens is 378 g/mol. The zero-order valence-electron chi connectivity index (χ0n) is 16.0. The summed E-state index contributed by atoms with van der Waals surface area (Å²) in [5.41, 5.74) is 3.05. The van der Waals surface area contributed by atoms with Gasteiger partial charge in [-0.3, -0.25) is 9.78 Å². The molecule has 3 rings (SSSR count). The summed E-state index contributed by atoms with van der Waals surface area (Å²) in [6.07, 6.45) is 2.48. The van der Waals surface area contributed by atoms with Crippen LogP contribution in [0.3, 0.4) is 0 Å². The number of nitrogens with zero attached hydrogens (tertiary/aromatic N) is 1. The largest absolute Gasteiger partial charge is 0.394 e. The van der Waals surface area contributed by atoms with Crippen molar-refractivity contribution >= 4 is 15.7 Å². The maximum atomic E-state index is 12.6. The SMILES string of the molecule is CCC1NCc2cc(C(=O)NC(CO)c3ccc(S(=O)(=O)CC)cc3)cnc21. The van der Waals surface area contributed by atoms with Gasteiger partial charge < -0.3 is 15.7 Å². The van der Waals surface area contributed by atoms with Crippen LogP contribution in [0.4, 0.5) is 0 Å². The molecule has 2 unspecified atom stereocenters. The Morgan fingerprint density at radius 3 is 2.64 bits per heavy atom. The molecule has 1 aromatic heterocycles. The fraction of sp³-hybridized carbons (Fsp3) is 0.400. The third kappa shape index (κ3) is 4.09. The highest BCUT2D eigenvalue weighted by Gasteiger charge is 2.24. The molecule has 2 atom stereocenters. The molecule has 1 amide bonds. The number of sulfone groups is 1. The topological polar surface area (TPSA) is 108 Å². The third-order valence-electron chi connectivity index (χ3n) is 5.05. The summed E-state index contributed by atoms with van der Waals surface area (Å²) in [6, 6.07) is 7.62. The number of carbonyl (C=O) groups is 1. The number of fused-ring (bicyclic) bond motifs is 1. The van der Waals surface area contributed by atoms with Gasteiger partial charge in [-0.15, -0.1) is 0 Å². The third-order valence-corrected chi connectivity index (χ3v) is 6.80. The Bertz CT molecular complexity index is 958. The van der Waals surface area contributed by atoms with Crippen LogP contribution < -0.4 is 10.6 Å². The first kappa shape index (κ1) is 20.4. The number of benzene rings is 1. The summed E-state index contributed by atoms with van der Waals surface area (Å²) in [6.45, 7) is 4.04. The molecule has 0 bridgehead atoms. The molecule has 0 saturated carbocycles. The van der Waals surface area contributed by atoms with E-state index in [0.29, 0.717) is 17.7 Å². The van der Waals surface area contributed by atoms with E-state index in [0.717, 1.165) is 17.7 Å². The van der Waals surface area contributed by atoms with Crippen LogP contribution in [0.5, 0.6) is 0 Å². The Balaban J connectivity index is 1.75. The highest BCUT2D eigenvalue weighted by atomic mass is 32.2. The van der Waals surface area contributed by atoms with Crippen molar-refractivity contribution in [3.05, 3.63) is 58.9 Å². The van der Waals surface area contributed by atoms with Gasteiger partial charge in [0.15, 0.2) is 9.84 Å². The maximum absolute atomic E-state index is 12.6. The number of aliphatic hydroxyl groups is 1. The summed E-state index contributed by atoms with van der Waals surface area (Å²) in [4.78, 5) is 17.3. The van der Waals surface area contributed by atoms with Crippen LogP contribution in [0.25, 0.3) is 0 Å². The van der Waals surface area contributed by atoms with Crippen LogP contribution in [-0.4, -0.2) is 36.8 Å². The minimum Gasteiger partial charge on any atom is -0.394 e. The quantitative estimate of drug-likeness (QED) is 0.652. The summed E-state index contributed by atoms with van der Waals surface area (Å²) in [5, 5.41) is 15.9. The van der Waals surface area contributed by atoms with Gasteiger partial charge in [0.2, 0.25) is 0 Å². The van der Waals surface area contributed by atoms with E-state index >= 15 is 0 Å². The number of nitrogens with one attached hydrogen (secondary N) is 2. The maximum Gasteiger partial charge on any atom is 0.253 e. The van der Waals surface area contributed by atoms with Crippen LogP contribution in [0.2, 0.25) is 0 Å².